The van der Waals surface area contributed by atoms with Crippen molar-refractivity contribution in [3.05, 3.63) is 70.4 Å². The molecular formula is C18H19ClN2. The second-order valence-electron chi connectivity index (χ2n) is 5.38. The lowest BCUT2D eigenvalue weighted by Gasteiger charge is -2.08. The molecule has 0 unspecified atom stereocenters. The number of para-hydroxylation sites is 1. The van der Waals surface area contributed by atoms with Crippen molar-refractivity contribution < 1.29 is 0 Å². The minimum absolute atomic E-state index is 0.781. The number of halogens is 1. The highest BCUT2D eigenvalue weighted by molar-refractivity contribution is 6.30. The molecule has 1 N–H and O–H groups in total. The van der Waals surface area contributed by atoms with Crippen LogP contribution in [-0.2, 0) is 20.1 Å². The number of fused-ring (bicyclic) bond motifs is 1. The molecule has 0 aliphatic heterocycles. The van der Waals surface area contributed by atoms with E-state index in [1.54, 1.807) is 0 Å². The summed E-state index contributed by atoms with van der Waals surface area (Å²) in [7, 11) is 2.13. The zero-order valence-electron chi connectivity index (χ0n) is 12.4. The molecule has 0 aliphatic rings. The Morgan fingerprint density at radius 2 is 1.71 bits per heavy atom. The van der Waals surface area contributed by atoms with E-state index in [1.165, 1.54) is 27.7 Å². The molecule has 0 saturated carbocycles. The van der Waals surface area contributed by atoms with Gasteiger partial charge >= 0.3 is 0 Å². The van der Waals surface area contributed by atoms with Crippen molar-refractivity contribution in [2.24, 2.45) is 7.05 Å². The molecule has 0 bridgehead atoms. The molecule has 2 aromatic carbocycles. The van der Waals surface area contributed by atoms with Crippen LogP contribution in [0.1, 0.15) is 16.8 Å². The Labute approximate surface area is 130 Å². The Morgan fingerprint density at radius 3 is 2.43 bits per heavy atom. The van der Waals surface area contributed by atoms with Crippen LogP contribution in [0.4, 0.5) is 0 Å². The predicted molar refractivity (Wildman–Crippen MR) is 89.7 cm³/mol. The molecule has 0 atom stereocenters. The number of nitrogens with zero attached hydrogens (tertiary/aromatic N) is 1. The average Bonchev–Trinajstić information content (AvgIpc) is 2.75. The van der Waals surface area contributed by atoms with Crippen molar-refractivity contribution in [1.29, 1.82) is 0 Å². The Bertz CT molecular complexity index is 718. The lowest BCUT2D eigenvalue weighted by Crippen LogP contribution is -2.15. The summed E-state index contributed by atoms with van der Waals surface area (Å²) in [5.74, 6) is 0. The van der Waals surface area contributed by atoms with Crippen LogP contribution in [0.2, 0.25) is 5.02 Å². The first kappa shape index (κ1) is 14.2. The van der Waals surface area contributed by atoms with Gasteiger partial charge < -0.3 is 9.88 Å². The largest absolute Gasteiger partial charge is 0.346 e. The van der Waals surface area contributed by atoms with Gasteiger partial charge in [-0.3, -0.25) is 0 Å². The van der Waals surface area contributed by atoms with Crippen molar-refractivity contribution in [3.63, 3.8) is 0 Å². The highest BCUT2D eigenvalue weighted by Gasteiger charge is 2.10. The van der Waals surface area contributed by atoms with E-state index in [2.05, 4.69) is 60.3 Å². The van der Waals surface area contributed by atoms with E-state index in [0.29, 0.717) is 0 Å². The number of aryl methyl sites for hydroxylation is 2. The third-order valence-electron chi connectivity index (χ3n) is 4.04. The van der Waals surface area contributed by atoms with Gasteiger partial charge in [-0.05, 0) is 36.2 Å². The lowest BCUT2D eigenvalue weighted by molar-refractivity contribution is 0.656. The van der Waals surface area contributed by atoms with Crippen LogP contribution in [0.25, 0.3) is 10.9 Å². The highest BCUT2D eigenvalue weighted by atomic mass is 35.5. The number of benzene rings is 2. The van der Waals surface area contributed by atoms with E-state index in [9.17, 15) is 0 Å². The van der Waals surface area contributed by atoms with E-state index in [1.807, 2.05) is 12.1 Å². The van der Waals surface area contributed by atoms with Gasteiger partial charge in [0.15, 0.2) is 0 Å². The summed E-state index contributed by atoms with van der Waals surface area (Å²) >= 11 is 5.90. The first-order chi connectivity index (χ1) is 10.2. The monoisotopic (exact) mass is 298 g/mol. The Hall–Kier alpha value is -1.77. The van der Waals surface area contributed by atoms with Crippen LogP contribution in [0.15, 0.2) is 48.5 Å². The fourth-order valence-corrected chi connectivity index (χ4v) is 2.94. The molecule has 3 rings (SSSR count). The molecule has 0 aliphatic carbocycles. The summed E-state index contributed by atoms with van der Waals surface area (Å²) in [5.41, 5.74) is 5.23. The molecular weight excluding hydrogens is 280 g/mol. The SMILES string of the molecule is Cc1c(CNCc2ccc(Cl)cc2)n(C)c2ccccc12. The van der Waals surface area contributed by atoms with Crippen LogP contribution >= 0.6 is 11.6 Å². The topological polar surface area (TPSA) is 17.0 Å². The molecule has 0 amide bonds. The molecule has 108 valence electrons. The molecule has 3 heteroatoms. The zero-order valence-corrected chi connectivity index (χ0v) is 13.1. The summed E-state index contributed by atoms with van der Waals surface area (Å²) in [6.45, 7) is 3.90. The van der Waals surface area contributed by atoms with Crippen molar-refractivity contribution in [1.82, 2.24) is 9.88 Å². The molecule has 21 heavy (non-hydrogen) atoms. The van der Waals surface area contributed by atoms with Crippen molar-refractivity contribution in [3.8, 4) is 0 Å². The molecule has 0 radical (unpaired) electrons. The van der Waals surface area contributed by atoms with E-state index >= 15 is 0 Å². The normalized spacial score (nSPS) is 11.2. The summed E-state index contributed by atoms with van der Waals surface area (Å²) in [6.07, 6.45) is 0. The highest BCUT2D eigenvalue weighted by Crippen LogP contribution is 2.24. The smallest absolute Gasteiger partial charge is 0.0483 e. The zero-order chi connectivity index (χ0) is 14.8. The standard InChI is InChI=1S/C18H19ClN2/c1-13-16-5-3-4-6-17(16)21(2)18(13)12-20-11-14-7-9-15(19)10-8-14/h3-10,20H,11-12H2,1-2H3. The lowest BCUT2D eigenvalue weighted by atomic mass is 10.1. The number of rotatable bonds is 4. The minimum Gasteiger partial charge on any atom is -0.346 e. The van der Waals surface area contributed by atoms with Crippen molar-refractivity contribution in [2.45, 2.75) is 20.0 Å². The summed E-state index contributed by atoms with van der Waals surface area (Å²) < 4.78 is 2.28. The van der Waals surface area contributed by atoms with Gasteiger partial charge in [0.1, 0.15) is 0 Å². The van der Waals surface area contributed by atoms with Crippen molar-refractivity contribution in [2.75, 3.05) is 0 Å². The van der Waals surface area contributed by atoms with E-state index in [4.69, 9.17) is 11.6 Å². The van der Waals surface area contributed by atoms with Crippen LogP contribution in [0.3, 0.4) is 0 Å². The summed E-state index contributed by atoms with van der Waals surface area (Å²) in [4.78, 5) is 0. The number of aromatic nitrogens is 1. The fraction of sp³-hybridized carbons (Fsp3) is 0.222. The van der Waals surface area contributed by atoms with Crippen LogP contribution in [0.5, 0.6) is 0 Å². The molecule has 2 nitrogen and oxygen atoms in total. The Balaban J connectivity index is 1.75. The Kier molecular flexibility index (Phi) is 4.00. The average molecular weight is 299 g/mol. The van der Waals surface area contributed by atoms with Gasteiger partial charge in [-0.15, -0.1) is 0 Å². The second-order valence-corrected chi connectivity index (χ2v) is 5.81. The van der Waals surface area contributed by atoms with Gasteiger partial charge in [-0.1, -0.05) is 41.9 Å². The quantitative estimate of drug-likeness (QED) is 0.754. The van der Waals surface area contributed by atoms with Crippen molar-refractivity contribution >= 4 is 22.5 Å². The van der Waals surface area contributed by atoms with Crippen LogP contribution in [0, 0.1) is 6.92 Å². The predicted octanol–water partition coefficient (Wildman–Crippen LogP) is 4.43. The number of hydrogen-bond donors (Lipinski definition) is 1. The third kappa shape index (κ3) is 2.82. The first-order valence-corrected chi connectivity index (χ1v) is 7.52. The molecule has 0 spiro atoms. The molecule has 0 fully saturated rings. The number of hydrogen-bond acceptors (Lipinski definition) is 1. The Morgan fingerprint density at radius 1 is 1.00 bits per heavy atom. The summed E-state index contributed by atoms with van der Waals surface area (Å²) in [6, 6.07) is 16.5. The third-order valence-corrected chi connectivity index (χ3v) is 4.29. The van der Waals surface area contributed by atoms with Gasteiger partial charge in [0.25, 0.3) is 0 Å². The molecule has 1 aromatic heterocycles. The minimum atomic E-state index is 0.781. The molecule has 1 heterocycles. The second kappa shape index (κ2) is 5.92. The summed E-state index contributed by atoms with van der Waals surface area (Å²) in [5, 5.41) is 5.63. The first-order valence-electron chi connectivity index (χ1n) is 7.15. The van der Waals surface area contributed by atoms with Crippen LogP contribution < -0.4 is 5.32 Å². The van der Waals surface area contributed by atoms with Crippen LogP contribution in [-0.4, -0.2) is 4.57 Å². The molecule has 3 aromatic rings. The van der Waals surface area contributed by atoms with E-state index < -0.39 is 0 Å². The fourth-order valence-electron chi connectivity index (χ4n) is 2.81. The van der Waals surface area contributed by atoms with E-state index in [0.717, 1.165) is 18.1 Å². The van der Waals surface area contributed by atoms with Gasteiger partial charge in [-0.2, -0.15) is 0 Å². The number of nitrogens with one attached hydrogen (secondary N) is 1. The maximum Gasteiger partial charge on any atom is 0.0483 e. The van der Waals surface area contributed by atoms with Gasteiger partial charge in [-0.25, -0.2) is 0 Å². The van der Waals surface area contributed by atoms with Gasteiger partial charge in [0.2, 0.25) is 0 Å². The van der Waals surface area contributed by atoms with Gasteiger partial charge in [0.05, 0.1) is 0 Å². The maximum absolute atomic E-state index is 5.90. The maximum atomic E-state index is 5.90. The molecule has 0 saturated heterocycles. The van der Waals surface area contributed by atoms with Gasteiger partial charge in [0, 0.05) is 41.8 Å². The van der Waals surface area contributed by atoms with E-state index in [-0.39, 0.29) is 0 Å².